The van der Waals surface area contributed by atoms with Gasteiger partial charge in [-0.25, -0.2) is 18.0 Å². The van der Waals surface area contributed by atoms with Crippen LogP contribution in [0.5, 0.6) is 5.75 Å². The van der Waals surface area contributed by atoms with Gasteiger partial charge in [-0.15, -0.1) is 0 Å². The van der Waals surface area contributed by atoms with E-state index in [1.807, 2.05) is 12.2 Å². The number of rotatable bonds is 9. The monoisotopic (exact) mass is 450 g/mol. The predicted octanol–water partition coefficient (Wildman–Crippen LogP) is 3.20. The molecule has 0 fully saturated rings. The van der Waals surface area contributed by atoms with Gasteiger partial charge in [0.2, 0.25) is 5.91 Å². The Hall–Kier alpha value is -3.82. The first kappa shape index (κ1) is 24.4. The number of amides is 2. The third-order valence-corrected chi connectivity index (χ3v) is 4.00. The first-order chi connectivity index (χ1) is 15.2. The van der Waals surface area contributed by atoms with Crippen LogP contribution >= 0.6 is 0 Å². The van der Waals surface area contributed by atoms with E-state index in [1.54, 1.807) is 24.3 Å². The molecule has 0 spiro atoms. The van der Waals surface area contributed by atoms with Crippen molar-refractivity contribution in [2.75, 3.05) is 18.5 Å². The van der Waals surface area contributed by atoms with Gasteiger partial charge in [0.1, 0.15) is 5.75 Å². The molecule has 2 aromatic rings. The maximum absolute atomic E-state index is 13.6. The number of hydrogen-bond acceptors (Lipinski definition) is 5. The molecule has 0 saturated heterocycles. The molecule has 1 unspecified atom stereocenters. The van der Waals surface area contributed by atoms with Crippen molar-refractivity contribution in [3.8, 4) is 5.75 Å². The number of benzene rings is 2. The van der Waals surface area contributed by atoms with Crippen LogP contribution in [0.4, 0.5) is 18.9 Å². The Kier molecular flexibility index (Phi) is 8.82. The van der Waals surface area contributed by atoms with Crippen LogP contribution in [0.2, 0.25) is 0 Å². The second kappa shape index (κ2) is 11.5. The zero-order valence-electron chi connectivity index (χ0n) is 17.3. The van der Waals surface area contributed by atoms with E-state index in [-0.39, 0.29) is 0 Å². The van der Waals surface area contributed by atoms with Crippen LogP contribution in [0.15, 0.2) is 42.5 Å². The molecular formula is C22H21F3N2O5. The maximum Gasteiger partial charge on any atom is 0.331 e. The lowest BCUT2D eigenvalue weighted by atomic mass is 10.2. The lowest BCUT2D eigenvalue weighted by Crippen LogP contribution is -2.40. The van der Waals surface area contributed by atoms with Gasteiger partial charge >= 0.3 is 5.97 Å². The highest BCUT2D eigenvalue weighted by Crippen LogP contribution is 2.19. The van der Waals surface area contributed by atoms with E-state index in [0.717, 1.165) is 12.1 Å². The fraction of sp³-hybridized carbons (Fsp3) is 0.227. The Morgan fingerprint density at radius 1 is 1.03 bits per heavy atom. The number of carbonyl (C=O) groups is 3. The average Bonchev–Trinajstić information content (AvgIpc) is 2.77. The summed E-state index contributed by atoms with van der Waals surface area (Å²) >= 11 is 0. The summed E-state index contributed by atoms with van der Waals surface area (Å²) in [7, 11) is 0. The molecule has 0 bridgehead atoms. The zero-order valence-corrected chi connectivity index (χ0v) is 17.3. The topological polar surface area (TPSA) is 93.7 Å². The Balaban J connectivity index is 1.80. The number of ether oxygens (including phenoxy) is 2. The van der Waals surface area contributed by atoms with E-state index in [9.17, 15) is 27.6 Å². The molecule has 0 aliphatic carbocycles. The zero-order chi connectivity index (χ0) is 23.7. The smallest absolute Gasteiger partial charge is 0.331 e. The van der Waals surface area contributed by atoms with Gasteiger partial charge in [0, 0.05) is 6.08 Å². The van der Waals surface area contributed by atoms with Gasteiger partial charge < -0.3 is 20.1 Å². The van der Waals surface area contributed by atoms with Crippen LogP contribution in [-0.4, -0.2) is 37.0 Å². The second-order valence-corrected chi connectivity index (χ2v) is 6.40. The summed E-state index contributed by atoms with van der Waals surface area (Å²) in [6.45, 7) is 3.08. The Morgan fingerprint density at radius 3 is 2.38 bits per heavy atom. The SMILES string of the molecule is CCOc1ccc(/C=C/C(=O)OC(C)C(=O)NCC(=O)Nc2ccc(F)c(F)c2F)cc1. The van der Waals surface area contributed by atoms with Crippen molar-refractivity contribution in [3.05, 3.63) is 65.5 Å². The highest BCUT2D eigenvalue weighted by atomic mass is 19.2. The molecule has 2 N–H and O–H groups in total. The number of halogens is 3. The van der Waals surface area contributed by atoms with Crippen molar-refractivity contribution in [1.82, 2.24) is 5.32 Å². The third kappa shape index (κ3) is 7.15. The summed E-state index contributed by atoms with van der Waals surface area (Å²) < 4.78 is 49.9. The standard InChI is InChI=1S/C22H21F3N2O5/c1-3-31-15-7-4-14(5-8-15)6-11-19(29)32-13(2)22(30)26-12-18(28)27-17-10-9-16(23)20(24)21(17)25/h4-11,13H,3,12H2,1-2H3,(H,26,30)(H,27,28)/b11-6+. The van der Waals surface area contributed by atoms with Crippen molar-refractivity contribution in [3.63, 3.8) is 0 Å². The number of hydrogen-bond donors (Lipinski definition) is 2. The molecule has 0 aliphatic heterocycles. The summed E-state index contributed by atoms with van der Waals surface area (Å²) in [5.41, 5.74) is 0.130. The van der Waals surface area contributed by atoms with E-state index >= 15 is 0 Å². The quantitative estimate of drug-likeness (QED) is 0.348. The van der Waals surface area contributed by atoms with Crippen molar-refractivity contribution < 1.29 is 37.0 Å². The van der Waals surface area contributed by atoms with Gasteiger partial charge in [0.15, 0.2) is 23.6 Å². The predicted molar refractivity (Wildman–Crippen MR) is 110 cm³/mol. The number of carbonyl (C=O) groups excluding carboxylic acids is 3. The number of nitrogens with one attached hydrogen (secondary N) is 2. The van der Waals surface area contributed by atoms with Crippen LogP contribution in [0.25, 0.3) is 6.08 Å². The molecule has 0 heterocycles. The van der Waals surface area contributed by atoms with E-state index in [4.69, 9.17) is 9.47 Å². The molecule has 2 rings (SSSR count). The van der Waals surface area contributed by atoms with Gasteiger partial charge in [-0.05, 0) is 49.8 Å². The normalized spacial score (nSPS) is 11.7. The van der Waals surface area contributed by atoms with E-state index in [1.165, 1.54) is 13.0 Å². The van der Waals surface area contributed by atoms with Crippen LogP contribution in [0.1, 0.15) is 19.4 Å². The van der Waals surface area contributed by atoms with Crippen LogP contribution < -0.4 is 15.4 Å². The number of anilines is 1. The highest BCUT2D eigenvalue weighted by molar-refractivity contribution is 5.96. The molecule has 7 nitrogen and oxygen atoms in total. The minimum Gasteiger partial charge on any atom is -0.494 e. The summed E-state index contributed by atoms with van der Waals surface area (Å²) in [6, 6.07) is 8.44. The molecule has 2 amide bonds. The van der Waals surface area contributed by atoms with Crippen molar-refractivity contribution >= 4 is 29.5 Å². The second-order valence-electron chi connectivity index (χ2n) is 6.40. The largest absolute Gasteiger partial charge is 0.494 e. The lowest BCUT2D eigenvalue weighted by Gasteiger charge is -2.12. The molecule has 32 heavy (non-hydrogen) atoms. The molecule has 0 aliphatic rings. The minimum absolute atomic E-state index is 0.533. The van der Waals surface area contributed by atoms with Gasteiger partial charge in [0.25, 0.3) is 5.91 Å². The van der Waals surface area contributed by atoms with Gasteiger partial charge in [-0.1, -0.05) is 12.1 Å². The van der Waals surface area contributed by atoms with E-state index in [0.29, 0.717) is 24.0 Å². The lowest BCUT2D eigenvalue weighted by molar-refractivity contribution is -0.150. The average molecular weight is 450 g/mol. The molecule has 0 aromatic heterocycles. The Morgan fingerprint density at radius 2 is 1.72 bits per heavy atom. The minimum atomic E-state index is -1.73. The van der Waals surface area contributed by atoms with Gasteiger partial charge in [-0.2, -0.15) is 0 Å². The molecule has 170 valence electrons. The van der Waals surface area contributed by atoms with Gasteiger partial charge in [0.05, 0.1) is 18.8 Å². The summed E-state index contributed by atoms with van der Waals surface area (Å²) in [5.74, 6) is -6.47. The van der Waals surface area contributed by atoms with Crippen molar-refractivity contribution in [2.24, 2.45) is 0 Å². The van der Waals surface area contributed by atoms with Crippen LogP contribution in [-0.2, 0) is 19.1 Å². The summed E-state index contributed by atoms with van der Waals surface area (Å²) in [4.78, 5) is 35.7. The molecule has 10 heteroatoms. The van der Waals surface area contributed by atoms with Crippen LogP contribution in [0.3, 0.4) is 0 Å². The van der Waals surface area contributed by atoms with E-state index in [2.05, 4.69) is 5.32 Å². The first-order valence-electron chi connectivity index (χ1n) is 9.53. The molecule has 2 aromatic carbocycles. The number of esters is 1. The Labute approximate surface area is 182 Å². The molecule has 0 saturated carbocycles. The molecule has 1 atom stereocenters. The Bertz CT molecular complexity index is 1010. The van der Waals surface area contributed by atoms with Crippen molar-refractivity contribution in [2.45, 2.75) is 20.0 Å². The summed E-state index contributed by atoms with van der Waals surface area (Å²) in [5, 5.41) is 4.19. The fourth-order valence-electron chi connectivity index (χ4n) is 2.40. The molecule has 0 radical (unpaired) electrons. The van der Waals surface area contributed by atoms with Crippen molar-refractivity contribution in [1.29, 1.82) is 0 Å². The summed E-state index contributed by atoms with van der Waals surface area (Å²) in [6.07, 6.45) is 1.41. The van der Waals surface area contributed by atoms with Gasteiger partial charge in [-0.3, -0.25) is 9.59 Å². The third-order valence-electron chi connectivity index (χ3n) is 4.00. The maximum atomic E-state index is 13.6. The first-order valence-corrected chi connectivity index (χ1v) is 9.53. The highest BCUT2D eigenvalue weighted by Gasteiger charge is 2.19. The van der Waals surface area contributed by atoms with E-state index < -0.39 is 53.6 Å². The van der Waals surface area contributed by atoms with Crippen LogP contribution in [0, 0.1) is 17.5 Å². The molecular weight excluding hydrogens is 429 g/mol. The fourth-order valence-corrected chi connectivity index (χ4v) is 2.40.